The van der Waals surface area contributed by atoms with E-state index in [0.29, 0.717) is 23.2 Å². The molecule has 44 heavy (non-hydrogen) atoms. The number of nitrogens with zero attached hydrogens (tertiary/aromatic N) is 4. The SMILES string of the molecule is [C-]#[N+]c1cccc(-c2nc(-c3ccc(-c4cccc5ccccc45)cc3)nc(-c3cc4ccccc4c4ccccc34)n2)c1. The minimum atomic E-state index is 0.533. The molecule has 0 unspecified atom stereocenters. The topological polar surface area (TPSA) is 43.0 Å². The summed E-state index contributed by atoms with van der Waals surface area (Å²) < 4.78 is 0. The molecule has 0 amide bonds. The first kappa shape index (κ1) is 25.5. The minimum absolute atomic E-state index is 0.533. The summed E-state index contributed by atoms with van der Waals surface area (Å²) in [5.74, 6) is 1.71. The van der Waals surface area contributed by atoms with E-state index in [9.17, 15) is 0 Å². The number of fused-ring (bicyclic) bond motifs is 4. The van der Waals surface area contributed by atoms with E-state index in [2.05, 4.69) is 126 Å². The lowest BCUT2D eigenvalue weighted by atomic mass is 9.96. The van der Waals surface area contributed by atoms with Crippen molar-refractivity contribution in [2.75, 3.05) is 0 Å². The van der Waals surface area contributed by atoms with Crippen LogP contribution in [0.2, 0.25) is 0 Å². The van der Waals surface area contributed by atoms with E-state index in [1.54, 1.807) is 6.07 Å². The summed E-state index contributed by atoms with van der Waals surface area (Å²) in [5, 5.41) is 6.98. The van der Waals surface area contributed by atoms with Gasteiger partial charge in [-0.1, -0.05) is 133 Å². The van der Waals surface area contributed by atoms with Crippen LogP contribution in [0.15, 0.2) is 146 Å². The Morgan fingerprint density at radius 1 is 0.386 bits per heavy atom. The number of aromatic nitrogens is 3. The van der Waals surface area contributed by atoms with Gasteiger partial charge < -0.3 is 0 Å². The van der Waals surface area contributed by atoms with E-state index < -0.39 is 0 Å². The second-order valence-corrected chi connectivity index (χ2v) is 10.8. The second kappa shape index (κ2) is 10.6. The fourth-order valence-corrected chi connectivity index (χ4v) is 5.98. The predicted octanol–water partition coefficient (Wildman–Crippen LogP) is 10.5. The van der Waals surface area contributed by atoms with Crippen LogP contribution in [0.25, 0.3) is 82.5 Å². The molecular weight excluding hydrogens is 536 g/mol. The van der Waals surface area contributed by atoms with Gasteiger partial charge >= 0.3 is 0 Å². The largest absolute Gasteiger partial charge is 0.238 e. The highest BCUT2D eigenvalue weighted by atomic mass is 15.0. The molecule has 0 N–H and O–H groups in total. The Morgan fingerprint density at radius 2 is 0.977 bits per heavy atom. The fraction of sp³-hybridized carbons (Fsp3) is 0. The highest BCUT2D eigenvalue weighted by molar-refractivity contribution is 6.13. The van der Waals surface area contributed by atoms with Gasteiger partial charge in [-0.3, -0.25) is 0 Å². The summed E-state index contributed by atoms with van der Waals surface area (Å²) in [6, 6.07) is 49.7. The molecule has 0 radical (unpaired) electrons. The first-order valence-corrected chi connectivity index (χ1v) is 14.5. The molecule has 0 atom stereocenters. The molecule has 0 fully saturated rings. The minimum Gasteiger partial charge on any atom is -0.238 e. The van der Waals surface area contributed by atoms with E-state index in [1.165, 1.54) is 21.7 Å². The maximum Gasteiger partial charge on any atom is 0.187 e. The molecule has 8 rings (SSSR count). The summed E-state index contributed by atoms with van der Waals surface area (Å²) in [7, 11) is 0. The zero-order valence-electron chi connectivity index (χ0n) is 23.6. The third-order valence-electron chi connectivity index (χ3n) is 8.12. The van der Waals surface area contributed by atoms with E-state index >= 15 is 0 Å². The van der Waals surface area contributed by atoms with Crippen molar-refractivity contribution < 1.29 is 0 Å². The van der Waals surface area contributed by atoms with Gasteiger partial charge in [0.1, 0.15) is 0 Å². The van der Waals surface area contributed by atoms with Crippen molar-refractivity contribution in [1.82, 2.24) is 15.0 Å². The van der Waals surface area contributed by atoms with Crippen LogP contribution in [0.3, 0.4) is 0 Å². The van der Waals surface area contributed by atoms with Gasteiger partial charge in [0, 0.05) is 16.7 Å². The standard InChI is InChI=1S/C40H24N4/c1-41-31-14-8-13-30(24-31)39-42-38(28-22-20-27(21-23-28)33-19-9-12-26-10-2-4-15-32(26)33)43-40(44-39)37-25-29-11-3-5-16-34(29)35-17-6-7-18-36(35)37/h2-25H. The van der Waals surface area contributed by atoms with E-state index in [-0.39, 0.29) is 0 Å². The summed E-state index contributed by atoms with van der Waals surface area (Å²) in [6.07, 6.45) is 0. The Balaban J connectivity index is 1.32. The summed E-state index contributed by atoms with van der Waals surface area (Å²) >= 11 is 0. The third-order valence-corrected chi connectivity index (χ3v) is 8.12. The molecule has 4 nitrogen and oxygen atoms in total. The average molecular weight is 561 g/mol. The Kier molecular flexibility index (Phi) is 6.14. The van der Waals surface area contributed by atoms with Crippen molar-refractivity contribution >= 4 is 38.0 Å². The number of hydrogen-bond donors (Lipinski definition) is 0. The van der Waals surface area contributed by atoms with Gasteiger partial charge in [-0.15, -0.1) is 0 Å². The van der Waals surface area contributed by atoms with Gasteiger partial charge in [0.2, 0.25) is 0 Å². The van der Waals surface area contributed by atoms with Crippen molar-refractivity contribution in [2.24, 2.45) is 0 Å². The van der Waals surface area contributed by atoms with Crippen LogP contribution in [0.4, 0.5) is 5.69 Å². The van der Waals surface area contributed by atoms with Crippen LogP contribution in [0.5, 0.6) is 0 Å². The van der Waals surface area contributed by atoms with Crippen LogP contribution in [-0.4, -0.2) is 15.0 Å². The molecule has 0 aliphatic carbocycles. The van der Waals surface area contributed by atoms with Gasteiger partial charge in [0.15, 0.2) is 23.2 Å². The number of hydrogen-bond acceptors (Lipinski definition) is 3. The molecule has 0 aliphatic rings. The Hall–Kier alpha value is -6.18. The van der Waals surface area contributed by atoms with Crippen molar-refractivity contribution in [3.63, 3.8) is 0 Å². The lowest BCUT2D eigenvalue weighted by Crippen LogP contribution is -2.00. The molecule has 0 bridgehead atoms. The summed E-state index contributed by atoms with van der Waals surface area (Å²) in [5.41, 5.74) is 5.47. The highest BCUT2D eigenvalue weighted by Crippen LogP contribution is 2.36. The molecular formula is C40H24N4. The van der Waals surface area contributed by atoms with Crippen LogP contribution >= 0.6 is 0 Å². The second-order valence-electron chi connectivity index (χ2n) is 10.8. The molecule has 0 saturated carbocycles. The molecule has 204 valence electrons. The van der Waals surface area contributed by atoms with Crippen LogP contribution in [0, 0.1) is 6.57 Å². The molecule has 0 aliphatic heterocycles. The maximum absolute atomic E-state index is 7.54. The van der Waals surface area contributed by atoms with Gasteiger partial charge in [-0.25, -0.2) is 19.8 Å². The zero-order valence-corrected chi connectivity index (χ0v) is 23.6. The van der Waals surface area contributed by atoms with Crippen LogP contribution in [-0.2, 0) is 0 Å². The molecule has 0 saturated heterocycles. The Morgan fingerprint density at radius 3 is 1.77 bits per heavy atom. The van der Waals surface area contributed by atoms with Crippen LogP contribution in [0.1, 0.15) is 0 Å². The highest BCUT2D eigenvalue weighted by Gasteiger charge is 2.16. The smallest absolute Gasteiger partial charge is 0.187 e. The molecule has 7 aromatic carbocycles. The Bertz CT molecular complexity index is 2400. The molecule has 0 spiro atoms. The monoisotopic (exact) mass is 560 g/mol. The lowest BCUT2D eigenvalue weighted by molar-refractivity contribution is 1.08. The van der Waals surface area contributed by atoms with Gasteiger partial charge in [-0.05, 0) is 55.6 Å². The molecule has 1 heterocycles. The molecule has 4 heteroatoms. The zero-order chi connectivity index (χ0) is 29.5. The average Bonchev–Trinajstić information content (AvgIpc) is 3.11. The molecule has 1 aromatic heterocycles. The van der Waals surface area contributed by atoms with Crippen molar-refractivity contribution in [3.05, 3.63) is 157 Å². The Labute approximate surface area is 254 Å². The quantitative estimate of drug-likeness (QED) is 0.159. The molecule has 8 aromatic rings. The number of benzene rings is 7. The van der Waals surface area contributed by atoms with Crippen molar-refractivity contribution in [3.8, 4) is 45.3 Å². The van der Waals surface area contributed by atoms with Crippen LogP contribution < -0.4 is 0 Å². The first-order valence-electron chi connectivity index (χ1n) is 14.5. The van der Waals surface area contributed by atoms with Gasteiger partial charge in [0.25, 0.3) is 0 Å². The van der Waals surface area contributed by atoms with E-state index in [1.807, 2.05) is 18.2 Å². The normalized spacial score (nSPS) is 11.2. The van der Waals surface area contributed by atoms with Gasteiger partial charge in [-0.2, -0.15) is 0 Å². The maximum atomic E-state index is 7.54. The fourth-order valence-electron chi connectivity index (χ4n) is 5.98. The predicted molar refractivity (Wildman–Crippen MR) is 180 cm³/mol. The first-order chi connectivity index (χ1) is 21.7. The third kappa shape index (κ3) is 4.45. The van der Waals surface area contributed by atoms with Gasteiger partial charge in [0.05, 0.1) is 6.57 Å². The summed E-state index contributed by atoms with van der Waals surface area (Å²) in [6.45, 7) is 7.54. The van der Waals surface area contributed by atoms with E-state index in [0.717, 1.165) is 38.4 Å². The van der Waals surface area contributed by atoms with Crippen molar-refractivity contribution in [2.45, 2.75) is 0 Å². The number of rotatable bonds is 4. The summed E-state index contributed by atoms with van der Waals surface area (Å²) in [4.78, 5) is 18.7. The lowest BCUT2D eigenvalue weighted by Gasteiger charge is -2.13. The van der Waals surface area contributed by atoms with Crippen molar-refractivity contribution in [1.29, 1.82) is 0 Å². The van der Waals surface area contributed by atoms with E-state index in [4.69, 9.17) is 21.5 Å².